The maximum Gasteiger partial charge on any atom is 0.306 e. The summed E-state index contributed by atoms with van der Waals surface area (Å²) in [6, 6.07) is 14.6. The van der Waals surface area contributed by atoms with Crippen molar-refractivity contribution in [1.82, 2.24) is 9.88 Å². The fourth-order valence-electron chi connectivity index (χ4n) is 7.56. The van der Waals surface area contributed by atoms with E-state index in [4.69, 9.17) is 18.9 Å². The number of fused-ring (bicyclic) bond motifs is 1. The van der Waals surface area contributed by atoms with Crippen LogP contribution in [0.25, 0.3) is 11.1 Å². The van der Waals surface area contributed by atoms with Crippen molar-refractivity contribution in [2.24, 2.45) is 11.8 Å². The van der Waals surface area contributed by atoms with Crippen molar-refractivity contribution in [1.29, 1.82) is 0 Å². The van der Waals surface area contributed by atoms with Gasteiger partial charge < -0.3 is 24.1 Å². The molecule has 1 aromatic heterocycles. The van der Waals surface area contributed by atoms with Crippen molar-refractivity contribution >= 4 is 5.97 Å². The second-order valence-electron chi connectivity index (χ2n) is 13.1. The van der Waals surface area contributed by atoms with Gasteiger partial charge in [0.1, 0.15) is 17.7 Å². The average molecular weight is 633 g/mol. The van der Waals surface area contributed by atoms with Gasteiger partial charge in [0.15, 0.2) is 0 Å². The van der Waals surface area contributed by atoms with Gasteiger partial charge in [-0.15, -0.1) is 0 Å². The number of methoxy groups -OCH3 is 3. The van der Waals surface area contributed by atoms with Crippen LogP contribution in [0.15, 0.2) is 48.7 Å². The normalized spacial score (nSPS) is 22.6. The molecule has 1 saturated heterocycles. The number of likely N-dealkylation sites (tertiary alicyclic amines) is 1. The van der Waals surface area contributed by atoms with Crippen molar-refractivity contribution in [3.8, 4) is 22.8 Å². The Hall–Kier alpha value is -3.53. The minimum atomic E-state index is -0.761. The molecule has 9 heteroatoms. The summed E-state index contributed by atoms with van der Waals surface area (Å²) in [6.07, 6.45) is 6.82. The number of pyridine rings is 1. The van der Waals surface area contributed by atoms with Crippen LogP contribution in [-0.4, -0.2) is 67.6 Å². The molecule has 3 aromatic rings. The lowest BCUT2D eigenvalue weighted by Gasteiger charge is -2.32. The van der Waals surface area contributed by atoms with Crippen LogP contribution in [-0.2, 0) is 27.2 Å². The third-order valence-electron chi connectivity index (χ3n) is 10.2. The fourth-order valence-corrected chi connectivity index (χ4v) is 7.56. The summed E-state index contributed by atoms with van der Waals surface area (Å²) >= 11 is 0. The molecule has 2 aliphatic heterocycles. The highest BCUT2D eigenvalue weighted by atomic mass is 19.1. The summed E-state index contributed by atoms with van der Waals surface area (Å²) in [4.78, 5) is 18.4. The number of halogens is 1. The van der Waals surface area contributed by atoms with Crippen molar-refractivity contribution < 1.29 is 33.2 Å². The second-order valence-corrected chi connectivity index (χ2v) is 13.1. The Morgan fingerprint density at radius 2 is 1.74 bits per heavy atom. The van der Waals surface area contributed by atoms with Gasteiger partial charge in [-0.05, 0) is 84.2 Å². The van der Waals surface area contributed by atoms with E-state index in [1.807, 2.05) is 19.1 Å². The summed E-state index contributed by atoms with van der Waals surface area (Å²) < 4.78 is 38.6. The van der Waals surface area contributed by atoms with Crippen LogP contribution in [0.5, 0.6) is 11.6 Å². The molecule has 3 heterocycles. The van der Waals surface area contributed by atoms with Crippen LogP contribution < -0.4 is 9.47 Å². The molecule has 3 aliphatic rings. The number of carbonyl (C=O) groups is 1. The van der Waals surface area contributed by atoms with Crippen LogP contribution in [0.2, 0.25) is 0 Å². The SMILES string of the molecule is COCC1CCC(COC)N1Cc1cc(C2CCc3ccc([C@H](C4CC4)[C@H](C)C(=O)O)cc3O2)ccc1-c1cc(OC)ncc1F. The molecule has 1 aliphatic carbocycles. The van der Waals surface area contributed by atoms with E-state index in [0.29, 0.717) is 37.1 Å². The molecule has 0 radical (unpaired) electrons. The summed E-state index contributed by atoms with van der Waals surface area (Å²) in [6.45, 7) is 3.63. The lowest BCUT2D eigenvalue weighted by atomic mass is 9.82. The van der Waals surface area contributed by atoms with E-state index in [-0.39, 0.29) is 24.1 Å². The predicted octanol–water partition coefficient (Wildman–Crippen LogP) is 6.80. The number of benzene rings is 2. The first kappa shape index (κ1) is 32.4. The Kier molecular flexibility index (Phi) is 9.92. The van der Waals surface area contributed by atoms with E-state index in [1.54, 1.807) is 20.3 Å². The molecule has 2 aromatic carbocycles. The minimum Gasteiger partial charge on any atom is -0.485 e. The number of aliphatic carboxylic acids is 1. The first-order valence-corrected chi connectivity index (χ1v) is 16.4. The summed E-state index contributed by atoms with van der Waals surface area (Å²) in [5, 5.41) is 9.81. The van der Waals surface area contributed by atoms with Crippen LogP contribution in [0.4, 0.5) is 4.39 Å². The van der Waals surface area contributed by atoms with Crippen LogP contribution in [0, 0.1) is 17.7 Å². The number of aromatic nitrogens is 1. The highest BCUT2D eigenvalue weighted by Gasteiger charge is 2.39. The number of carboxylic acid groups (broad SMARTS) is 1. The average Bonchev–Trinajstić information content (AvgIpc) is 3.83. The zero-order valence-electron chi connectivity index (χ0n) is 27.2. The predicted molar refractivity (Wildman–Crippen MR) is 173 cm³/mol. The highest BCUT2D eigenvalue weighted by molar-refractivity contribution is 5.71. The zero-order chi connectivity index (χ0) is 32.4. The molecular weight excluding hydrogens is 587 g/mol. The molecule has 6 rings (SSSR count). The Labute approximate surface area is 270 Å². The molecule has 0 bridgehead atoms. The minimum absolute atomic E-state index is 0.0227. The Morgan fingerprint density at radius 3 is 2.39 bits per heavy atom. The highest BCUT2D eigenvalue weighted by Crippen LogP contribution is 2.48. The molecule has 46 heavy (non-hydrogen) atoms. The molecular formula is C37H45FN2O6. The molecule has 0 amide bonds. The lowest BCUT2D eigenvalue weighted by molar-refractivity contribution is -0.142. The number of ether oxygens (including phenoxy) is 4. The van der Waals surface area contributed by atoms with Crippen LogP contribution in [0.1, 0.15) is 73.3 Å². The first-order chi connectivity index (χ1) is 22.3. The number of rotatable bonds is 13. The van der Waals surface area contributed by atoms with Crippen molar-refractivity contribution in [3.05, 3.63) is 76.7 Å². The van der Waals surface area contributed by atoms with Gasteiger partial charge in [0.2, 0.25) is 5.88 Å². The second kappa shape index (κ2) is 14.1. The quantitative estimate of drug-likeness (QED) is 0.220. The standard InChI is InChI=1S/C37H45FN2O6/c1-22(37(41)42)36(24-6-7-24)26-8-5-23-10-14-33(46-34(23)16-26)25-9-13-30(31-17-35(45-4)39-18-32(31)38)27(15-25)19-40-28(20-43-2)11-12-29(40)21-44-3/h5,8-9,13,15-18,22,24,28-29,33,36H,6-7,10-12,14,19-21H2,1-4H3,(H,41,42)/t22-,28?,29?,33?,36-/m0/s1. The Bertz CT molecular complexity index is 1530. The smallest absolute Gasteiger partial charge is 0.306 e. The van der Waals surface area contributed by atoms with Gasteiger partial charge in [-0.25, -0.2) is 9.37 Å². The molecule has 0 spiro atoms. The van der Waals surface area contributed by atoms with E-state index in [9.17, 15) is 9.90 Å². The maximum absolute atomic E-state index is 15.3. The molecule has 2 fully saturated rings. The summed E-state index contributed by atoms with van der Waals surface area (Å²) in [5.41, 5.74) is 5.42. The number of hydrogen-bond acceptors (Lipinski definition) is 7. The first-order valence-electron chi connectivity index (χ1n) is 16.4. The van der Waals surface area contributed by atoms with Gasteiger partial charge in [-0.2, -0.15) is 0 Å². The van der Waals surface area contributed by atoms with Gasteiger partial charge in [0.25, 0.3) is 0 Å². The third kappa shape index (κ3) is 6.77. The van der Waals surface area contributed by atoms with Crippen LogP contribution in [0.3, 0.4) is 0 Å². The molecule has 1 saturated carbocycles. The van der Waals surface area contributed by atoms with Crippen molar-refractivity contribution in [2.75, 3.05) is 34.5 Å². The molecule has 8 nitrogen and oxygen atoms in total. The van der Waals surface area contributed by atoms with E-state index in [2.05, 4.69) is 34.1 Å². The van der Waals surface area contributed by atoms with E-state index >= 15 is 4.39 Å². The van der Waals surface area contributed by atoms with Gasteiger partial charge in [-0.1, -0.05) is 37.3 Å². The largest absolute Gasteiger partial charge is 0.485 e. The molecule has 3 unspecified atom stereocenters. The van der Waals surface area contributed by atoms with E-state index < -0.39 is 17.7 Å². The monoisotopic (exact) mass is 632 g/mol. The topological polar surface area (TPSA) is 90.4 Å². The van der Waals surface area contributed by atoms with Gasteiger partial charge in [0.05, 0.1) is 32.4 Å². The Balaban J connectivity index is 1.35. The van der Waals surface area contributed by atoms with Gasteiger partial charge in [0, 0.05) is 44.5 Å². The third-order valence-corrected chi connectivity index (χ3v) is 10.2. The maximum atomic E-state index is 15.3. The van der Waals surface area contributed by atoms with Crippen molar-refractivity contribution in [3.63, 3.8) is 0 Å². The number of carboxylic acids is 1. The van der Waals surface area contributed by atoms with Crippen LogP contribution >= 0.6 is 0 Å². The zero-order valence-corrected chi connectivity index (χ0v) is 27.2. The lowest BCUT2D eigenvalue weighted by Crippen LogP contribution is -2.40. The summed E-state index contributed by atoms with van der Waals surface area (Å²) in [7, 11) is 4.98. The Morgan fingerprint density at radius 1 is 1.00 bits per heavy atom. The summed E-state index contributed by atoms with van der Waals surface area (Å²) in [5.74, 6) is -0.0660. The molecule has 5 atom stereocenters. The molecule has 246 valence electrons. The van der Waals surface area contributed by atoms with Gasteiger partial charge >= 0.3 is 5.97 Å². The number of nitrogens with zero attached hydrogens (tertiary/aromatic N) is 2. The van der Waals surface area contributed by atoms with E-state index in [1.165, 1.54) is 13.3 Å². The molecule has 1 N–H and O–H groups in total. The number of aryl methyl sites for hydroxylation is 1. The van der Waals surface area contributed by atoms with E-state index in [0.717, 1.165) is 72.1 Å². The van der Waals surface area contributed by atoms with Crippen molar-refractivity contribution in [2.45, 2.75) is 76.1 Å². The number of hydrogen-bond donors (Lipinski definition) is 1. The van der Waals surface area contributed by atoms with Gasteiger partial charge in [-0.3, -0.25) is 9.69 Å². The fraction of sp³-hybridized carbons (Fsp3) is 0.514.